The van der Waals surface area contributed by atoms with Gasteiger partial charge in [-0.2, -0.15) is 4.98 Å². The molecule has 3 N–H and O–H groups in total. The quantitative estimate of drug-likeness (QED) is 0.462. The fourth-order valence-corrected chi connectivity index (χ4v) is 2.90. The van der Waals surface area contributed by atoms with Crippen LogP contribution >= 0.6 is 0 Å². The van der Waals surface area contributed by atoms with Crippen LogP contribution in [-0.4, -0.2) is 36.7 Å². The fraction of sp³-hybridized carbons (Fsp3) is 0.450. The van der Waals surface area contributed by atoms with Crippen LogP contribution in [0, 0.1) is 6.92 Å². The Hall–Kier alpha value is -2.83. The number of methoxy groups -OCH3 is 1. The molecular weight excluding hydrogens is 344 g/mol. The van der Waals surface area contributed by atoms with Gasteiger partial charge in [0.25, 0.3) is 6.47 Å². The van der Waals surface area contributed by atoms with E-state index in [9.17, 15) is 4.79 Å². The number of nitrogens with zero attached hydrogens (tertiary/aromatic N) is 2. The van der Waals surface area contributed by atoms with Gasteiger partial charge in [-0.15, -0.1) is 0 Å². The molecule has 0 spiro atoms. The maximum atomic E-state index is 10.3. The molecule has 7 heteroatoms. The van der Waals surface area contributed by atoms with Crippen LogP contribution in [0.15, 0.2) is 18.2 Å². The summed E-state index contributed by atoms with van der Waals surface area (Å²) in [6.07, 6.45) is 3.42. The van der Waals surface area contributed by atoms with Crippen molar-refractivity contribution in [3.8, 4) is 5.75 Å². The Kier molecular flexibility index (Phi) is 7.85. The molecule has 146 valence electrons. The number of unbranched alkanes of at least 4 members (excludes halogenated alkanes) is 1. The number of ether oxygens (including phenoxy) is 2. The first-order chi connectivity index (χ1) is 13.1. The van der Waals surface area contributed by atoms with E-state index in [0.29, 0.717) is 25.9 Å². The van der Waals surface area contributed by atoms with Gasteiger partial charge >= 0.3 is 0 Å². The molecule has 0 radical (unpaired) electrons. The Morgan fingerprint density at radius 2 is 2.11 bits per heavy atom. The van der Waals surface area contributed by atoms with Gasteiger partial charge in [-0.05, 0) is 30.5 Å². The number of carbonyl (C=O) groups excluding carboxylic acids is 1. The second-order valence-electron chi connectivity index (χ2n) is 6.31. The van der Waals surface area contributed by atoms with E-state index >= 15 is 0 Å². The zero-order valence-corrected chi connectivity index (χ0v) is 16.2. The summed E-state index contributed by atoms with van der Waals surface area (Å²) in [6.45, 7) is 5.73. The molecule has 0 bridgehead atoms. The molecule has 0 amide bonds. The van der Waals surface area contributed by atoms with Crippen LogP contribution in [0.1, 0.15) is 42.1 Å². The van der Waals surface area contributed by atoms with Gasteiger partial charge in [0.2, 0.25) is 5.95 Å². The number of nitrogen functional groups attached to an aromatic ring is 1. The van der Waals surface area contributed by atoms with Crippen molar-refractivity contribution in [3.63, 3.8) is 0 Å². The molecule has 1 aromatic carbocycles. The minimum atomic E-state index is 0.266. The number of hydrogen-bond acceptors (Lipinski definition) is 7. The van der Waals surface area contributed by atoms with E-state index in [1.165, 1.54) is 0 Å². The highest BCUT2D eigenvalue weighted by Gasteiger charge is 2.14. The van der Waals surface area contributed by atoms with Crippen LogP contribution in [0.5, 0.6) is 5.75 Å². The Labute approximate surface area is 160 Å². The summed E-state index contributed by atoms with van der Waals surface area (Å²) in [4.78, 5) is 19.1. The molecular formula is C20H28N4O3. The van der Waals surface area contributed by atoms with Gasteiger partial charge < -0.3 is 20.5 Å². The van der Waals surface area contributed by atoms with E-state index in [4.69, 9.17) is 15.2 Å². The molecule has 27 heavy (non-hydrogen) atoms. The SMILES string of the molecule is CCCCNc1nc(N)nc(C)c1Cc1cc(CCOC=O)ccc1OC. The van der Waals surface area contributed by atoms with Crippen LogP contribution < -0.4 is 15.8 Å². The lowest BCUT2D eigenvalue weighted by atomic mass is 10.00. The standard InChI is InChI=1S/C20H28N4O3/c1-4-5-9-22-19-17(14(2)23-20(21)24-19)12-16-11-15(8-10-27-13-25)6-7-18(16)26-3/h6-7,11,13H,4-5,8-10,12H2,1-3H3,(H3,21,22,23,24). The van der Waals surface area contributed by atoms with Crippen molar-refractivity contribution in [2.24, 2.45) is 0 Å². The monoisotopic (exact) mass is 372 g/mol. The molecule has 0 fully saturated rings. The Morgan fingerprint density at radius 3 is 2.81 bits per heavy atom. The zero-order chi connectivity index (χ0) is 19.6. The Balaban J connectivity index is 2.31. The smallest absolute Gasteiger partial charge is 0.293 e. The van der Waals surface area contributed by atoms with E-state index in [2.05, 4.69) is 28.3 Å². The number of anilines is 2. The zero-order valence-electron chi connectivity index (χ0n) is 16.2. The largest absolute Gasteiger partial charge is 0.496 e. The van der Waals surface area contributed by atoms with Crippen LogP contribution in [0.25, 0.3) is 0 Å². The van der Waals surface area contributed by atoms with E-state index in [1.54, 1.807) is 7.11 Å². The molecule has 0 aliphatic heterocycles. The molecule has 0 saturated heterocycles. The molecule has 1 heterocycles. The third kappa shape index (κ3) is 5.84. The van der Waals surface area contributed by atoms with Crippen LogP contribution in [0.3, 0.4) is 0 Å². The van der Waals surface area contributed by atoms with Crippen molar-refractivity contribution in [3.05, 3.63) is 40.6 Å². The van der Waals surface area contributed by atoms with Gasteiger partial charge in [-0.1, -0.05) is 25.5 Å². The molecule has 0 saturated carbocycles. The van der Waals surface area contributed by atoms with Gasteiger partial charge in [0.15, 0.2) is 0 Å². The highest BCUT2D eigenvalue weighted by atomic mass is 16.5. The predicted molar refractivity (Wildman–Crippen MR) is 106 cm³/mol. The minimum absolute atomic E-state index is 0.266. The van der Waals surface area contributed by atoms with E-state index in [-0.39, 0.29) is 5.95 Å². The maximum Gasteiger partial charge on any atom is 0.293 e. The van der Waals surface area contributed by atoms with E-state index in [0.717, 1.165) is 53.3 Å². The van der Waals surface area contributed by atoms with Crippen LogP contribution in [-0.2, 0) is 22.4 Å². The molecule has 0 aliphatic carbocycles. The van der Waals surface area contributed by atoms with Gasteiger partial charge in [-0.25, -0.2) is 4.98 Å². The van der Waals surface area contributed by atoms with Gasteiger partial charge in [0.1, 0.15) is 11.6 Å². The number of hydrogen-bond donors (Lipinski definition) is 2. The molecule has 7 nitrogen and oxygen atoms in total. The van der Waals surface area contributed by atoms with Gasteiger partial charge in [0, 0.05) is 30.6 Å². The van der Waals surface area contributed by atoms with Crippen LogP contribution in [0.4, 0.5) is 11.8 Å². The molecule has 2 aromatic rings. The number of nitrogens with one attached hydrogen (secondary N) is 1. The number of carbonyl (C=O) groups is 1. The van der Waals surface area contributed by atoms with E-state index < -0.39 is 0 Å². The lowest BCUT2D eigenvalue weighted by Gasteiger charge is -2.16. The summed E-state index contributed by atoms with van der Waals surface area (Å²) in [5.41, 5.74) is 9.79. The molecule has 1 aromatic heterocycles. The van der Waals surface area contributed by atoms with Crippen molar-refractivity contribution in [1.82, 2.24) is 9.97 Å². The van der Waals surface area contributed by atoms with Crippen LogP contribution in [0.2, 0.25) is 0 Å². The number of aryl methyl sites for hydroxylation is 1. The molecule has 2 rings (SSSR count). The lowest BCUT2D eigenvalue weighted by Crippen LogP contribution is -2.12. The summed E-state index contributed by atoms with van der Waals surface area (Å²) in [5, 5.41) is 3.38. The summed E-state index contributed by atoms with van der Waals surface area (Å²) in [6, 6.07) is 5.98. The van der Waals surface area contributed by atoms with E-state index in [1.807, 2.05) is 19.1 Å². The average molecular weight is 372 g/mol. The Morgan fingerprint density at radius 1 is 1.30 bits per heavy atom. The van der Waals surface area contributed by atoms with Gasteiger partial charge in [0.05, 0.1) is 13.7 Å². The van der Waals surface area contributed by atoms with Crippen molar-refractivity contribution in [2.45, 2.75) is 39.5 Å². The second-order valence-corrected chi connectivity index (χ2v) is 6.31. The van der Waals surface area contributed by atoms with Crippen molar-refractivity contribution >= 4 is 18.2 Å². The second kappa shape index (κ2) is 10.4. The number of nitrogens with two attached hydrogens (primary N) is 1. The fourth-order valence-electron chi connectivity index (χ4n) is 2.90. The highest BCUT2D eigenvalue weighted by molar-refractivity contribution is 5.53. The highest BCUT2D eigenvalue weighted by Crippen LogP contribution is 2.27. The summed E-state index contributed by atoms with van der Waals surface area (Å²) in [7, 11) is 1.65. The normalized spacial score (nSPS) is 10.5. The first-order valence-electron chi connectivity index (χ1n) is 9.16. The van der Waals surface area contributed by atoms with Crippen molar-refractivity contribution < 1.29 is 14.3 Å². The molecule has 0 atom stereocenters. The third-order valence-corrected chi connectivity index (χ3v) is 4.34. The predicted octanol–water partition coefficient (Wildman–Crippen LogP) is 2.89. The molecule has 0 unspecified atom stereocenters. The van der Waals surface area contributed by atoms with Crippen molar-refractivity contribution in [1.29, 1.82) is 0 Å². The number of rotatable bonds is 11. The average Bonchev–Trinajstić information content (AvgIpc) is 2.65. The first-order valence-corrected chi connectivity index (χ1v) is 9.16. The number of benzene rings is 1. The Bertz CT molecular complexity index is 765. The first kappa shape index (κ1) is 20.5. The van der Waals surface area contributed by atoms with Gasteiger partial charge in [-0.3, -0.25) is 4.79 Å². The number of aromatic nitrogens is 2. The van der Waals surface area contributed by atoms with Crippen molar-refractivity contribution in [2.75, 3.05) is 31.3 Å². The molecule has 0 aliphatic rings. The maximum absolute atomic E-state index is 10.3. The topological polar surface area (TPSA) is 99.4 Å². The summed E-state index contributed by atoms with van der Waals surface area (Å²) >= 11 is 0. The minimum Gasteiger partial charge on any atom is -0.496 e. The summed E-state index contributed by atoms with van der Waals surface area (Å²) < 4.78 is 10.3. The lowest BCUT2D eigenvalue weighted by molar-refractivity contribution is -0.128. The third-order valence-electron chi connectivity index (χ3n) is 4.34. The summed E-state index contributed by atoms with van der Waals surface area (Å²) in [5.74, 6) is 1.83.